The van der Waals surface area contributed by atoms with Gasteiger partial charge in [0.05, 0.1) is 11.2 Å². The van der Waals surface area contributed by atoms with Gasteiger partial charge >= 0.3 is 0 Å². The van der Waals surface area contributed by atoms with Crippen LogP contribution in [0.3, 0.4) is 0 Å². The Morgan fingerprint density at radius 2 is 1.74 bits per heavy atom. The van der Waals surface area contributed by atoms with Crippen LogP contribution in [0, 0.1) is 6.57 Å². The van der Waals surface area contributed by atoms with Crippen LogP contribution in [-0.2, 0) is 6.54 Å². The predicted molar refractivity (Wildman–Crippen MR) is 99.0 cm³/mol. The average Bonchev–Trinajstić information content (AvgIpc) is 2.90. The third-order valence-corrected chi connectivity index (χ3v) is 4.83. The molecular weight excluding hydrogens is 348 g/mol. The van der Waals surface area contributed by atoms with Crippen molar-refractivity contribution in [2.45, 2.75) is 6.54 Å². The molecule has 3 aromatic carbocycles. The zero-order valence-corrected chi connectivity index (χ0v) is 13.9. The Hall–Kier alpha value is -2.57. The lowest BCUT2D eigenvalue weighted by atomic mass is 10.0. The van der Waals surface area contributed by atoms with Crippen molar-refractivity contribution < 1.29 is 0 Å². The zero-order chi connectivity index (χ0) is 15.8. The molecule has 0 aliphatic carbocycles. The van der Waals surface area contributed by atoms with Crippen LogP contribution in [-0.4, -0.2) is 4.57 Å². The van der Waals surface area contributed by atoms with Gasteiger partial charge in [-0.05, 0) is 49.8 Å². The number of benzene rings is 3. The van der Waals surface area contributed by atoms with Crippen LogP contribution in [0.15, 0.2) is 71.3 Å². The van der Waals surface area contributed by atoms with E-state index in [4.69, 9.17) is 6.57 Å². The van der Waals surface area contributed by atoms with Gasteiger partial charge in [-0.1, -0.05) is 54.6 Å². The normalized spacial score (nSPS) is 11.0. The molecule has 1 aromatic heterocycles. The molecule has 0 unspecified atom stereocenters. The maximum Gasteiger partial charge on any atom is 0.189 e. The molecule has 0 fully saturated rings. The lowest BCUT2D eigenvalue weighted by molar-refractivity contribution is 0.823. The van der Waals surface area contributed by atoms with Crippen molar-refractivity contribution >= 4 is 43.3 Å². The van der Waals surface area contributed by atoms with Gasteiger partial charge < -0.3 is 4.57 Å². The van der Waals surface area contributed by atoms with Gasteiger partial charge in [-0.25, -0.2) is 4.85 Å². The molecule has 0 N–H and O–H groups in total. The molecular formula is C20H13BrN2. The lowest BCUT2D eigenvalue weighted by Crippen LogP contribution is -2.00. The first kappa shape index (κ1) is 14.0. The molecule has 3 heteroatoms. The van der Waals surface area contributed by atoms with E-state index in [0.717, 1.165) is 22.1 Å². The Bertz CT molecular complexity index is 1060. The standard InChI is InChI=1S/C20H13BrN2/c1-22-17-10-9-15-11-20(21)23(19(15)12-17)13-16-7-4-6-14-5-2-3-8-18(14)16/h2-12H,13H2. The number of fused-ring (bicyclic) bond motifs is 2. The average molecular weight is 361 g/mol. The number of aromatic nitrogens is 1. The monoisotopic (exact) mass is 360 g/mol. The number of hydrogen-bond acceptors (Lipinski definition) is 0. The SMILES string of the molecule is [C-]#[N+]c1ccc2cc(Br)n(Cc3cccc4ccccc34)c2c1. The Kier molecular flexibility index (Phi) is 3.40. The molecule has 0 saturated heterocycles. The van der Waals surface area contributed by atoms with E-state index < -0.39 is 0 Å². The molecule has 2 nitrogen and oxygen atoms in total. The molecule has 0 saturated carbocycles. The van der Waals surface area contributed by atoms with Gasteiger partial charge in [0.15, 0.2) is 5.69 Å². The Morgan fingerprint density at radius 3 is 2.61 bits per heavy atom. The first-order chi connectivity index (χ1) is 11.3. The topological polar surface area (TPSA) is 9.29 Å². The van der Waals surface area contributed by atoms with E-state index in [2.05, 4.69) is 73.9 Å². The van der Waals surface area contributed by atoms with E-state index in [1.54, 1.807) is 0 Å². The molecule has 0 radical (unpaired) electrons. The predicted octanol–water partition coefficient (Wildman–Crippen LogP) is 6.16. The van der Waals surface area contributed by atoms with Crippen molar-refractivity contribution in [3.05, 3.63) is 88.3 Å². The second kappa shape index (κ2) is 5.57. The quantitative estimate of drug-likeness (QED) is 0.379. The van der Waals surface area contributed by atoms with Crippen LogP contribution >= 0.6 is 15.9 Å². The second-order valence-corrected chi connectivity index (χ2v) is 6.36. The molecule has 0 atom stereocenters. The van der Waals surface area contributed by atoms with E-state index in [-0.39, 0.29) is 0 Å². The minimum atomic E-state index is 0.669. The molecule has 4 aromatic rings. The highest BCUT2D eigenvalue weighted by atomic mass is 79.9. The Balaban J connectivity index is 1.89. The van der Waals surface area contributed by atoms with E-state index in [1.165, 1.54) is 16.3 Å². The summed E-state index contributed by atoms with van der Waals surface area (Å²) in [4.78, 5) is 3.55. The van der Waals surface area contributed by atoms with Crippen molar-refractivity contribution in [3.63, 3.8) is 0 Å². The summed E-state index contributed by atoms with van der Waals surface area (Å²) in [5.41, 5.74) is 3.02. The third kappa shape index (κ3) is 2.42. The fourth-order valence-electron chi connectivity index (χ4n) is 3.04. The Labute approximate surface area is 142 Å². The summed E-state index contributed by atoms with van der Waals surface area (Å²) in [7, 11) is 0. The molecule has 0 aliphatic rings. The van der Waals surface area contributed by atoms with Crippen LogP contribution in [0.2, 0.25) is 0 Å². The van der Waals surface area contributed by atoms with Gasteiger partial charge in [-0.15, -0.1) is 0 Å². The first-order valence-electron chi connectivity index (χ1n) is 7.39. The highest BCUT2D eigenvalue weighted by Gasteiger charge is 2.09. The molecule has 0 spiro atoms. The molecule has 110 valence electrons. The lowest BCUT2D eigenvalue weighted by Gasteiger charge is -2.11. The maximum atomic E-state index is 7.23. The van der Waals surface area contributed by atoms with Crippen molar-refractivity contribution in [2.24, 2.45) is 0 Å². The van der Waals surface area contributed by atoms with Crippen LogP contribution in [0.25, 0.3) is 26.5 Å². The van der Waals surface area contributed by atoms with Gasteiger partial charge in [0.25, 0.3) is 0 Å². The number of hydrogen-bond donors (Lipinski definition) is 0. The molecule has 23 heavy (non-hydrogen) atoms. The van der Waals surface area contributed by atoms with E-state index in [1.807, 2.05) is 18.2 Å². The van der Waals surface area contributed by atoms with Gasteiger partial charge in [0.2, 0.25) is 0 Å². The summed E-state index contributed by atoms with van der Waals surface area (Å²) in [6.07, 6.45) is 0. The fraction of sp³-hybridized carbons (Fsp3) is 0.0500. The molecule has 0 amide bonds. The van der Waals surface area contributed by atoms with Gasteiger partial charge in [-0.3, -0.25) is 0 Å². The summed E-state index contributed by atoms with van der Waals surface area (Å²) >= 11 is 3.66. The van der Waals surface area contributed by atoms with E-state index >= 15 is 0 Å². The first-order valence-corrected chi connectivity index (χ1v) is 8.18. The summed E-state index contributed by atoms with van der Waals surface area (Å²) in [5.74, 6) is 0. The van der Waals surface area contributed by atoms with Crippen LogP contribution < -0.4 is 0 Å². The van der Waals surface area contributed by atoms with Gasteiger partial charge in [0.1, 0.15) is 0 Å². The maximum absolute atomic E-state index is 7.23. The summed E-state index contributed by atoms with van der Waals surface area (Å²) in [6.45, 7) is 8.00. The van der Waals surface area contributed by atoms with Crippen molar-refractivity contribution in [1.29, 1.82) is 0 Å². The minimum Gasteiger partial charge on any atom is -0.332 e. The van der Waals surface area contributed by atoms with Crippen LogP contribution in [0.5, 0.6) is 0 Å². The minimum absolute atomic E-state index is 0.669. The highest BCUT2D eigenvalue weighted by Crippen LogP contribution is 2.30. The number of nitrogens with zero attached hydrogens (tertiary/aromatic N) is 2. The van der Waals surface area contributed by atoms with E-state index in [9.17, 15) is 0 Å². The Morgan fingerprint density at radius 1 is 0.913 bits per heavy atom. The zero-order valence-electron chi connectivity index (χ0n) is 12.3. The third-order valence-electron chi connectivity index (χ3n) is 4.17. The molecule has 0 aliphatic heterocycles. The highest BCUT2D eigenvalue weighted by molar-refractivity contribution is 9.10. The van der Waals surface area contributed by atoms with Crippen molar-refractivity contribution in [2.75, 3.05) is 0 Å². The summed E-state index contributed by atoms with van der Waals surface area (Å²) in [6, 6.07) is 22.8. The molecule has 0 bridgehead atoms. The molecule has 1 heterocycles. The second-order valence-electron chi connectivity index (χ2n) is 5.55. The van der Waals surface area contributed by atoms with Crippen LogP contribution in [0.1, 0.15) is 5.56 Å². The fourth-order valence-corrected chi connectivity index (χ4v) is 3.60. The largest absolute Gasteiger partial charge is 0.332 e. The summed E-state index contributed by atoms with van der Waals surface area (Å²) < 4.78 is 3.24. The number of halogens is 1. The van der Waals surface area contributed by atoms with Crippen molar-refractivity contribution in [3.8, 4) is 0 Å². The van der Waals surface area contributed by atoms with Crippen molar-refractivity contribution in [1.82, 2.24) is 4.57 Å². The van der Waals surface area contributed by atoms with Gasteiger partial charge in [-0.2, -0.15) is 0 Å². The van der Waals surface area contributed by atoms with Gasteiger partial charge in [0, 0.05) is 12.1 Å². The number of rotatable bonds is 2. The van der Waals surface area contributed by atoms with E-state index in [0.29, 0.717) is 5.69 Å². The van der Waals surface area contributed by atoms with Crippen LogP contribution in [0.4, 0.5) is 5.69 Å². The smallest absolute Gasteiger partial charge is 0.189 e. The summed E-state index contributed by atoms with van der Waals surface area (Å²) in [5, 5.41) is 3.66. The molecule has 4 rings (SSSR count).